The van der Waals surface area contributed by atoms with Gasteiger partial charge in [-0.3, -0.25) is 0 Å². The first-order valence-electron chi connectivity index (χ1n) is 4.08. The third-order valence-electron chi connectivity index (χ3n) is 2.11. The molecule has 0 aromatic rings. The molecule has 1 aliphatic rings. The van der Waals surface area contributed by atoms with Crippen LogP contribution in [0.25, 0.3) is 0 Å². The molecule has 1 rings (SSSR count). The van der Waals surface area contributed by atoms with E-state index < -0.39 is 35.8 Å². The molecule has 0 saturated carbocycles. The molecular formula is C8F11. The van der Waals surface area contributed by atoms with Gasteiger partial charge in [-0.2, -0.15) is 43.9 Å². The van der Waals surface area contributed by atoms with Gasteiger partial charge in [0.25, 0.3) is 6.17 Å². The maximum absolute atomic E-state index is 12.6. The van der Waals surface area contributed by atoms with Crippen molar-refractivity contribution < 1.29 is 48.3 Å². The zero-order valence-corrected chi connectivity index (χ0v) is 8.16. The van der Waals surface area contributed by atoms with Crippen LogP contribution in [0.15, 0.2) is 0 Å². The van der Waals surface area contributed by atoms with Crippen molar-refractivity contribution in [2.75, 3.05) is 0 Å². The largest absolute Gasteiger partial charge is 0.387 e. The lowest BCUT2D eigenvalue weighted by molar-refractivity contribution is -0.317. The van der Waals surface area contributed by atoms with Crippen LogP contribution in [-0.4, -0.2) is 29.6 Å². The molecule has 19 heavy (non-hydrogen) atoms. The predicted octanol–water partition coefficient (Wildman–Crippen LogP) is 3.68. The minimum absolute atomic E-state index is 0.292. The van der Waals surface area contributed by atoms with Crippen LogP contribution in [0.2, 0.25) is 0 Å². The molecule has 0 aromatic heterocycles. The zero-order chi connectivity index (χ0) is 15.5. The molecular weight excluding hydrogens is 305 g/mol. The van der Waals surface area contributed by atoms with E-state index in [1.54, 1.807) is 0 Å². The van der Waals surface area contributed by atoms with Crippen LogP contribution in [0.1, 0.15) is 0 Å². The molecule has 1 radical (unpaired) electrons. The van der Waals surface area contributed by atoms with Crippen molar-refractivity contribution in [2.45, 2.75) is 29.6 Å². The summed E-state index contributed by atoms with van der Waals surface area (Å²) in [4.78, 5) is 0. The lowest BCUT2D eigenvalue weighted by Gasteiger charge is -2.36. The lowest BCUT2D eigenvalue weighted by Crippen LogP contribution is -2.62. The van der Waals surface area contributed by atoms with Gasteiger partial charge in [0.2, 0.25) is 0 Å². The van der Waals surface area contributed by atoms with Crippen LogP contribution in [0.5, 0.6) is 0 Å². The van der Waals surface area contributed by atoms with E-state index in [9.17, 15) is 48.3 Å². The van der Waals surface area contributed by atoms with Gasteiger partial charge >= 0.3 is 29.6 Å². The highest BCUT2D eigenvalue weighted by atomic mass is 19.4. The standard InChI is InChI=1S/C8F11/c9-3-6(14,15)4(10,11)1-2-5(12,13)8(18,19)7(3,16)17. The van der Waals surface area contributed by atoms with Gasteiger partial charge in [-0.15, -0.1) is 0 Å². The summed E-state index contributed by atoms with van der Waals surface area (Å²) in [6.45, 7) is 0. The average molecular weight is 305 g/mol. The van der Waals surface area contributed by atoms with Crippen LogP contribution >= 0.6 is 0 Å². The Kier molecular flexibility index (Phi) is 3.06. The second-order valence-electron chi connectivity index (χ2n) is 3.44. The van der Waals surface area contributed by atoms with Gasteiger partial charge in [-0.1, -0.05) is 0 Å². The number of halogens is 11. The van der Waals surface area contributed by atoms with Crippen LogP contribution < -0.4 is 0 Å². The average Bonchev–Trinajstić information content (AvgIpc) is 2.23. The summed E-state index contributed by atoms with van der Waals surface area (Å²) in [5.41, 5.74) is 0. The minimum atomic E-state index is -6.83. The number of hydrogen-bond acceptors (Lipinski definition) is 0. The van der Waals surface area contributed by atoms with Crippen molar-refractivity contribution in [2.24, 2.45) is 0 Å². The Labute approximate surface area is 97.1 Å². The first kappa shape index (κ1) is 15.8. The van der Waals surface area contributed by atoms with Gasteiger partial charge in [-0.25, -0.2) is 4.39 Å². The molecule has 0 unspecified atom stereocenters. The number of alkyl halides is 10. The fourth-order valence-corrected chi connectivity index (χ4v) is 0.984. The van der Waals surface area contributed by atoms with Crippen molar-refractivity contribution in [3.05, 3.63) is 6.17 Å². The van der Waals surface area contributed by atoms with E-state index in [0.29, 0.717) is 0 Å². The van der Waals surface area contributed by atoms with E-state index >= 15 is 0 Å². The summed E-state index contributed by atoms with van der Waals surface area (Å²) < 4.78 is 138. The summed E-state index contributed by atoms with van der Waals surface area (Å²) in [7, 11) is 0. The Morgan fingerprint density at radius 2 is 0.947 bits per heavy atom. The topological polar surface area (TPSA) is 0 Å². The zero-order valence-electron chi connectivity index (χ0n) is 8.16. The third-order valence-corrected chi connectivity index (χ3v) is 2.11. The highest BCUT2D eigenvalue weighted by Crippen LogP contribution is 2.58. The van der Waals surface area contributed by atoms with Crippen LogP contribution in [-0.2, 0) is 0 Å². The Bertz CT molecular complexity index is 437. The molecule has 0 atom stereocenters. The van der Waals surface area contributed by atoms with E-state index in [4.69, 9.17) is 0 Å². The quantitative estimate of drug-likeness (QED) is 0.473. The van der Waals surface area contributed by atoms with E-state index in [2.05, 4.69) is 0 Å². The summed E-state index contributed by atoms with van der Waals surface area (Å²) in [6, 6.07) is 0. The predicted molar refractivity (Wildman–Crippen MR) is 36.9 cm³/mol. The van der Waals surface area contributed by atoms with Gasteiger partial charge in [-0.05, 0) is 11.8 Å². The highest BCUT2D eigenvalue weighted by Gasteiger charge is 2.83. The van der Waals surface area contributed by atoms with Gasteiger partial charge in [0, 0.05) is 0 Å². The molecule has 0 spiro atoms. The van der Waals surface area contributed by atoms with E-state index in [1.165, 1.54) is 0 Å². The molecule has 0 aromatic carbocycles. The van der Waals surface area contributed by atoms with Crippen LogP contribution in [0.3, 0.4) is 0 Å². The summed E-state index contributed by atoms with van der Waals surface area (Å²) in [5, 5.41) is 0. The maximum atomic E-state index is 12.6. The van der Waals surface area contributed by atoms with Gasteiger partial charge < -0.3 is 0 Å². The number of hydrogen-bond donors (Lipinski definition) is 0. The van der Waals surface area contributed by atoms with Crippen molar-refractivity contribution >= 4 is 0 Å². The lowest BCUT2D eigenvalue weighted by atomic mass is 9.91. The van der Waals surface area contributed by atoms with E-state index in [0.717, 1.165) is 0 Å². The normalized spacial score (nSPS) is 30.7. The molecule has 0 nitrogen and oxygen atoms in total. The first-order chi connectivity index (χ1) is 8.11. The second-order valence-corrected chi connectivity index (χ2v) is 3.44. The highest BCUT2D eigenvalue weighted by molar-refractivity contribution is 5.32. The molecule has 1 aliphatic carbocycles. The fourth-order valence-electron chi connectivity index (χ4n) is 0.984. The fraction of sp³-hybridized carbons (Fsp3) is 0.625. The van der Waals surface area contributed by atoms with E-state index in [-0.39, 0.29) is 11.8 Å². The summed E-state index contributed by atoms with van der Waals surface area (Å²) >= 11 is 0. The van der Waals surface area contributed by atoms with Gasteiger partial charge in [0.15, 0.2) is 0 Å². The van der Waals surface area contributed by atoms with Gasteiger partial charge in [0.05, 0.1) is 0 Å². The maximum Gasteiger partial charge on any atom is 0.387 e. The van der Waals surface area contributed by atoms with Crippen molar-refractivity contribution in [3.63, 3.8) is 0 Å². The monoisotopic (exact) mass is 305 g/mol. The summed E-state index contributed by atoms with van der Waals surface area (Å²) in [5.74, 6) is -32.8. The van der Waals surface area contributed by atoms with Crippen LogP contribution in [0, 0.1) is 18.0 Å². The molecule has 0 heterocycles. The summed E-state index contributed by atoms with van der Waals surface area (Å²) in [6.07, 6.45) is -4.58. The molecule has 0 saturated heterocycles. The Hall–Kier alpha value is -1.21. The number of rotatable bonds is 0. The van der Waals surface area contributed by atoms with Crippen molar-refractivity contribution in [3.8, 4) is 11.8 Å². The van der Waals surface area contributed by atoms with E-state index in [1.807, 2.05) is 0 Å². The molecule has 0 bridgehead atoms. The Morgan fingerprint density at radius 1 is 0.579 bits per heavy atom. The second kappa shape index (κ2) is 3.67. The molecule has 0 amide bonds. The SMILES string of the molecule is F[C]1C(F)(F)C(F)(F)C#CC(F)(F)C(F)(F)C1(F)F. The van der Waals surface area contributed by atoms with Crippen molar-refractivity contribution in [1.82, 2.24) is 0 Å². The molecule has 0 fully saturated rings. The first-order valence-corrected chi connectivity index (χ1v) is 4.08. The molecule has 0 N–H and O–H groups in total. The molecule has 11 heteroatoms. The van der Waals surface area contributed by atoms with Crippen molar-refractivity contribution in [1.29, 1.82) is 0 Å². The third kappa shape index (κ3) is 1.83. The molecule has 0 aliphatic heterocycles. The smallest absolute Gasteiger partial charge is 0.226 e. The Morgan fingerprint density at radius 3 is 1.37 bits per heavy atom. The molecule has 109 valence electrons. The van der Waals surface area contributed by atoms with Gasteiger partial charge in [0.1, 0.15) is 0 Å². The van der Waals surface area contributed by atoms with Crippen LogP contribution in [0.4, 0.5) is 48.3 Å². The minimum Gasteiger partial charge on any atom is -0.226 e. The Balaban J connectivity index is 3.66.